The number of nitrogens with zero attached hydrogens (tertiary/aromatic N) is 2. The van der Waals surface area contributed by atoms with Crippen LogP contribution in [-0.2, 0) is 13.6 Å². The molecule has 1 rings (SSSR count). The number of unbranched alkanes of at least 4 members (excludes halogenated alkanes) is 3. The fraction of sp³-hybridized carbons (Fsp3) is 0.800. The van der Waals surface area contributed by atoms with Gasteiger partial charge in [0.2, 0.25) is 0 Å². The van der Waals surface area contributed by atoms with E-state index < -0.39 is 0 Å². The third-order valence-electron chi connectivity index (χ3n) is 3.29. The summed E-state index contributed by atoms with van der Waals surface area (Å²) in [6.07, 6.45) is 6.78. The van der Waals surface area contributed by atoms with Crippen molar-refractivity contribution in [1.82, 2.24) is 15.1 Å². The van der Waals surface area contributed by atoms with E-state index in [0.717, 1.165) is 24.7 Å². The lowest BCUT2D eigenvalue weighted by Crippen LogP contribution is -2.16. The number of hydrogen-bond acceptors (Lipinski definition) is 2. The van der Waals surface area contributed by atoms with Gasteiger partial charge in [0.25, 0.3) is 0 Å². The van der Waals surface area contributed by atoms with Gasteiger partial charge in [0.15, 0.2) is 0 Å². The summed E-state index contributed by atoms with van der Waals surface area (Å²) in [5, 5.41) is 7.84. The van der Waals surface area contributed by atoms with Crippen LogP contribution in [0.2, 0.25) is 0 Å². The van der Waals surface area contributed by atoms with Crippen molar-refractivity contribution in [2.24, 2.45) is 13.0 Å². The van der Waals surface area contributed by atoms with Crippen LogP contribution >= 0.6 is 0 Å². The second-order valence-electron chi connectivity index (χ2n) is 5.67. The normalized spacial score (nSPS) is 11.4. The van der Waals surface area contributed by atoms with Crippen LogP contribution in [0.25, 0.3) is 0 Å². The third-order valence-corrected chi connectivity index (χ3v) is 3.29. The van der Waals surface area contributed by atoms with E-state index in [-0.39, 0.29) is 0 Å². The molecule has 0 aromatic carbocycles. The van der Waals surface area contributed by atoms with E-state index in [2.05, 4.69) is 30.3 Å². The largest absolute Gasteiger partial charge is 0.311 e. The quantitative estimate of drug-likeness (QED) is 0.682. The van der Waals surface area contributed by atoms with Crippen LogP contribution in [-0.4, -0.2) is 16.3 Å². The van der Waals surface area contributed by atoms with Crippen LogP contribution in [0.5, 0.6) is 0 Å². The first-order chi connectivity index (χ1) is 8.59. The van der Waals surface area contributed by atoms with Crippen molar-refractivity contribution in [2.75, 3.05) is 6.54 Å². The monoisotopic (exact) mass is 251 g/mol. The minimum Gasteiger partial charge on any atom is -0.311 e. The molecule has 0 saturated carbocycles. The highest BCUT2D eigenvalue weighted by Gasteiger charge is 2.00. The molecular weight excluding hydrogens is 222 g/mol. The highest BCUT2D eigenvalue weighted by atomic mass is 15.3. The van der Waals surface area contributed by atoms with Crippen LogP contribution < -0.4 is 5.32 Å². The molecule has 1 heterocycles. The predicted octanol–water partition coefficient (Wildman–Crippen LogP) is 3.42. The summed E-state index contributed by atoms with van der Waals surface area (Å²) in [6, 6.07) is 2.15. The van der Waals surface area contributed by atoms with Gasteiger partial charge in [0, 0.05) is 13.6 Å². The Kier molecular flexibility index (Phi) is 7.02. The SMILES string of the molecule is Cc1cc(CNCCCCCCC(C)C)n(C)n1. The number of aryl methyl sites for hydroxylation is 2. The van der Waals surface area contributed by atoms with Crippen molar-refractivity contribution in [3.8, 4) is 0 Å². The van der Waals surface area contributed by atoms with Gasteiger partial charge in [0.1, 0.15) is 0 Å². The standard InChI is InChI=1S/C15H29N3/c1-13(2)9-7-5-6-8-10-16-12-15-11-14(3)17-18(15)4/h11,13,16H,5-10,12H2,1-4H3. The first kappa shape index (κ1) is 15.2. The van der Waals surface area contributed by atoms with Gasteiger partial charge >= 0.3 is 0 Å². The van der Waals surface area contributed by atoms with Gasteiger partial charge in [0.05, 0.1) is 11.4 Å². The molecule has 0 fully saturated rings. The predicted molar refractivity (Wildman–Crippen MR) is 77.6 cm³/mol. The fourth-order valence-corrected chi connectivity index (χ4v) is 2.20. The van der Waals surface area contributed by atoms with E-state index in [1.54, 1.807) is 0 Å². The summed E-state index contributed by atoms with van der Waals surface area (Å²) in [4.78, 5) is 0. The molecule has 0 radical (unpaired) electrons. The Morgan fingerprint density at radius 3 is 2.56 bits per heavy atom. The summed E-state index contributed by atoms with van der Waals surface area (Å²) in [5.74, 6) is 0.858. The highest BCUT2D eigenvalue weighted by molar-refractivity contribution is 5.08. The highest BCUT2D eigenvalue weighted by Crippen LogP contribution is 2.09. The molecule has 0 saturated heterocycles. The van der Waals surface area contributed by atoms with Crippen molar-refractivity contribution >= 4 is 0 Å². The Bertz CT molecular complexity index is 328. The van der Waals surface area contributed by atoms with E-state index >= 15 is 0 Å². The second-order valence-corrected chi connectivity index (χ2v) is 5.67. The topological polar surface area (TPSA) is 29.9 Å². The van der Waals surface area contributed by atoms with Crippen LogP contribution in [0.3, 0.4) is 0 Å². The van der Waals surface area contributed by atoms with Crippen LogP contribution in [0.1, 0.15) is 57.3 Å². The van der Waals surface area contributed by atoms with E-state index in [9.17, 15) is 0 Å². The molecule has 104 valence electrons. The molecule has 1 aromatic heterocycles. The maximum absolute atomic E-state index is 4.34. The Labute approximate surface area is 112 Å². The van der Waals surface area contributed by atoms with Crippen molar-refractivity contribution < 1.29 is 0 Å². The first-order valence-corrected chi connectivity index (χ1v) is 7.30. The van der Waals surface area contributed by atoms with Crippen LogP contribution in [0.15, 0.2) is 6.07 Å². The number of rotatable bonds is 9. The molecule has 0 bridgehead atoms. The van der Waals surface area contributed by atoms with Crippen molar-refractivity contribution in [1.29, 1.82) is 0 Å². The minimum atomic E-state index is 0.858. The molecule has 3 heteroatoms. The summed E-state index contributed by atoms with van der Waals surface area (Å²) in [7, 11) is 2.01. The zero-order valence-electron chi connectivity index (χ0n) is 12.5. The van der Waals surface area contributed by atoms with Crippen LogP contribution in [0.4, 0.5) is 0 Å². The maximum atomic E-state index is 4.34. The maximum Gasteiger partial charge on any atom is 0.0597 e. The molecule has 0 atom stereocenters. The summed E-state index contributed by atoms with van der Waals surface area (Å²) in [6.45, 7) is 8.70. The van der Waals surface area contributed by atoms with Crippen molar-refractivity contribution in [3.05, 3.63) is 17.5 Å². The van der Waals surface area contributed by atoms with Gasteiger partial charge in [-0.2, -0.15) is 5.10 Å². The van der Waals surface area contributed by atoms with Gasteiger partial charge in [-0.25, -0.2) is 0 Å². The Morgan fingerprint density at radius 2 is 1.94 bits per heavy atom. The Morgan fingerprint density at radius 1 is 1.22 bits per heavy atom. The zero-order chi connectivity index (χ0) is 13.4. The number of nitrogens with one attached hydrogen (secondary N) is 1. The van der Waals surface area contributed by atoms with Gasteiger partial charge in [-0.1, -0.05) is 39.5 Å². The summed E-state index contributed by atoms with van der Waals surface area (Å²) < 4.78 is 1.96. The fourth-order valence-electron chi connectivity index (χ4n) is 2.20. The van der Waals surface area contributed by atoms with E-state index in [1.165, 1.54) is 37.8 Å². The molecule has 0 unspecified atom stereocenters. The lowest BCUT2D eigenvalue weighted by molar-refractivity contribution is 0.510. The van der Waals surface area contributed by atoms with Gasteiger partial charge in [-0.3, -0.25) is 4.68 Å². The molecule has 0 aliphatic rings. The molecule has 18 heavy (non-hydrogen) atoms. The molecule has 0 amide bonds. The third kappa shape index (κ3) is 6.20. The lowest BCUT2D eigenvalue weighted by atomic mass is 10.0. The Hall–Kier alpha value is -0.830. The van der Waals surface area contributed by atoms with E-state index in [4.69, 9.17) is 0 Å². The van der Waals surface area contributed by atoms with Crippen molar-refractivity contribution in [2.45, 2.75) is 59.4 Å². The summed E-state index contributed by atoms with van der Waals surface area (Å²) >= 11 is 0. The molecule has 0 spiro atoms. The first-order valence-electron chi connectivity index (χ1n) is 7.30. The van der Waals surface area contributed by atoms with Gasteiger partial charge in [-0.05, 0) is 31.9 Å². The molecule has 3 nitrogen and oxygen atoms in total. The number of aromatic nitrogens is 2. The average molecular weight is 251 g/mol. The number of hydrogen-bond donors (Lipinski definition) is 1. The second kappa shape index (κ2) is 8.30. The lowest BCUT2D eigenvalue weighted by Gasteiger charge is -2.06. The minimum absolute atomic E-state index is 0.858. The zero-order valence-corrected chi connectivity index (χ0v) is 12.5. The van der Waals surface area contributed by atoms with Gasteiger partial charge < -0.3 is 5.32 Å². The average Bonchev–Trinajstić information content (AvgIpc) is 2.61. The molecule has 0 aliphatic carbocycles. The molecule has 1 N–H and O–H groups in total. The summed E-state index contributed by atoms with van der Waals surface area (Å²) in [5.41, 5.74) is 2.37. The van der Waals surface area contributed by atoms with Crippen LogP contribution in [0, 0.1) is 12.8 Å². The van der Waals surface area contributed by atoms with E-state index in [0.29, 0.717) is 0 Å². The smallest absolute Gasteiger partial charge is 0.0597 e. The van der Waals surface area contributed by atoms with Crippen molar-refractivity contribution in [3.63, 3.8) is 0 Å². The molecular formula is C15H29N3. The van der Waals surface area contributed by atoms with E-state index in [1.807, 2.05) is 18.7 Å². The molecule has 0 aliphatic heterocycles. The molecule has 1 aromatic rings. The van der Waals surface area contributed by atoms with Gasteiger partial charge in [-0.15, -0.1) is 0 Å². The Balaban J connectivity index is 1.97.